The molecule has 0 unspecified atom stereocenters. The zero-order valence-electron chi connectivity index (χ0n) is 23.4. The van der Waals surface area contributed by atoms with Crippen molar-refractivity contribution in [2.24, 2.45) is 29.6 Å². The number of nitrogens with one attached hydrogen (secondary N) is 2. The second-order valence-corrected chi connectivity index (χ2v) is 13.4. The maximum Gasteiger partial charge on any atom is 0.501 e. The number of amides is 2. The smallest absolute Gasteiger partial charge is 0.496 e. The number of aliphatic carboxylic acids is 1. The van der Waals surface area contributed by atoms with Crippen molar-refractivity contribution in [3.8, 4) is 11.5 Å². The third-order valence-electron chi connectivity index (χ3n) is 8.79. The molecule has 3 fully saturated rings. The van der Waals surface area contributed by atoms with Crippen molar-refractivity contribution in [3.05, 3.63) is 47.8 Å². The summed E-state index contributed by atoms with van der Waals surface area (Å²) in [4.78, 5) is 36.9. The normalized spacial score (nSPS) is 26.0. The Balaban J connectivity index is 1.30. The van der Waals surface area contributed by atoms with Gasteiger partial charge in [-0.05, 0) is 74.1 Å². The Hall–Kier alpha value is -3.88. The first-order chi connectivity index (χ1) is 20.7. The predicted octanol–water partition coefficient (Wildman–Crippen LogP) is 4.40. The number of rotatable bonds is 10. The van der Waals surface area contributed by atoms with E-state index in [9.17, 15) is 40.4 Å². The van der Waals surface area contributed by atoms with Crippen molar-refractivity contribution >= 4 is 33.3 Å². The van der Waals surface area contributed by atoms with Crippen LogP contribution in [0, 0.1) is 35.4 Å². The molecular formula is C29H30F4N2O8S. The number of carboxylic acid groups (broad SMARTS) is 1. The molecule has 0 spiro atoms. The van der Waals surface area contributed by atoms with Crippen LogP contribution in [0.3, 0.4) is 0 Å². The Morgan fingerprint density at radius 2 is 1.73 bits per heavy atom. The number of benzene rings is 2. The lowest BCUT2D eigenvalue weighted by Gasteiger charge is -2.32. The lowest BCUT2D eigenvalue weighted by Crippen LogP contribution is -2.48. The zero-order valence-corrected chi connectivity index (χ0v) is 24.2. The Labute approximate surface area is 250 Å². The molecule has 44 heavy (non-hydrogen) atoms. The fraction of sp³-hybridized carbons (Fsp3) is 0.483. The van der Waals surface area contributed by atoms with Gasteiger partial charge in [0, 0.05) is 17.8 Å². The molecule has 5 rings (SSSR count). The van der Waals surface area contributed by atoms with Crippen LogP contribution >= 0.6 is 0 Å². The molecule has 0 aromatic heterocycles. The minimum Gasteiger partial charge on any atom is -0.496 e. The number of sulfone groups is 1. The van der Waals surface area contributed by atoms with E-state index in [-0.39, 0.29) is 47.1 Å². The minimum atomic E-state index is -5.63. The monoisotopic (exact) mass is 642 g/mol. The van der Waals surface area contributed by atoms with Gasteiger partial charge in [0.15, 0.2) is 11.6 Å². The number of carboxylic acids is 1. The Kier molecular flexibility index (Phi) is 8.53. The largest absolute Gasteiger partial charge is 0.501 e. The average Bonchev–Trinajstić information content (AvgIpc) is 3.54. The molecule has 3 aliphatic carbocycles. The van der Waals surface area contributed by atoms with Gasteiger partial charge in [0.2, 0.25) is 5.91 Å². The van der Waals surface area contributed by atoms with Crippen molar-refractivity contribution in [2.45, 2.75) is 48.5 Å². The van der Waals surface area contributed by atoms with Gasteiger partial charge in [-0.15, -0.1) is 0 Å². The summed E-state index contributed by atoms with van der Waals surface area (Å²) in [6, 6.07) is 5.40. The van der Waals surface area contributed by atoms with E-state index in [2.05, 4.69) is 10.6 Å². The van der Waals surface area contributed by atoms with Gasteiger partial charge in [0.25, 0.3) is 15.7 Å². The van der Waals surface area contributed by atoms with E-state index in [1.54, 1.807) is 0 Å². The minimum absolute atomic E-state index is 0.0482. The first-order valence-corrected chi connectivity index (χ1v) is 15.4. The second-order valence-electron chi connectivity index (χ2n) is 11.5. The summed E-state index contributed by atoms with van der Waals surface area (Å²) in [6.45, 7) is 0.0637. The molecule has 0 saturated heterocycles. The topological polar surface area (TPSA) is 148 Å². The third kappa shape index (κ3) is 6.06. The van der Waals surface area contributed by atoms with Gasteiger partial charge in [0.1, 0.15) is 5.75 Å². The molecule has 238 valence electrons. The molecule has 2 aromatic rings. The molecule has 2 bridgehead atoms. The maximum atomic E-state index is 14.7. The van der Waals surface area contributed by atoms with Gasteiger partial charge in [-0.2, -0.15) is 13.2 Å². The number of carbonyl (C=O) groups is 3. The van der Waals surface area contributed by atoms with E-state index >= 15 is 0 Å². The van der Waals surface area contributed by atoms with Crippen molar-refractivity contribution in [1.29, 1.82) is 0 Å². The molecule has 2 aromatic carbocycles. The third-order valence-corrected chi connectivity index (χ3v) is 10.3. The van der Waals surface area contributed by atoms with Crippen molar-refractivity contribution in [1.82, 2.24) is 5.32 Å². The number of ether oxygens (including phenoxy) is 2. The van der Waals surface area contributed by atoms with E-state index in [0.717, 1.165) is 30.7 Å². The maximum absolute atomic E-state index is 14.7. The summed E-state index contributed by atoms with van der Waals surface area (Å²) in [5.41, 5.74) is -5.70. The van der Waals surface area contributed by atoms with Gasteiger partial charge < -0.3 is 25.2 Å². The van der Waals surface area contributed by atoms with Crippen LogP contribution < -0.4 is 20.1 Å². The van der Waals surface area contributed by atoms with Crippen LogP contribution in [-0.2, 0) is 19.4 Å². The summed E-state index contributed by atoms with van der Waals surface area (Å²) in [7, 11) is -4.37. The summed E-state index contributed by atoms with van der Waals surface area (Å²) < 4.78 is 88.3. The highest BCUT2D eigenvalue weighted by Crippen LogP contribution is 2.49. The summed E-state index contributed by atoms with van der Waals surface area (Å²) in [5, 5.41) is 14.4. The van der Waals surface area contributed by atoms with Gasteiger partial charge >= 0.3 is 11.5 Å². The highest BCUT2D eigenvalue weighted by atomic mass is 32.2. The average molecular weight is 643 g/mol. The summed E-state index contributed by atoms with van der Waals surface area (Å²) >= 11 is 0. The number of methoxy groups -OCH3 is 1. The van der Waals surface area contributed by atoms with Crippen LogP contribution in [0.15, 0.2) is 41.3 Å². The highest BCUT2D eigenvalue weighted by molar-refractivity contribution is 7.92. The molecular weight excluding hydrogens is 612 g/mol. The van der Waals surface area contributed by atoms with Crippen LogP contribution in [0.2, 0.25) is 0 Å². The highest BCUT2D eigenvalue weighted by Gasteiger charge is 2.52. The van der Waals surface area contributed by atoms with Crippen LogP contribution in [0.4, 0.5) is 23.2 Å². The number of hydrogen-bond donors (Lipinski definition) is 3. The number of halogens is 4. The zero-order chi connectivity index (χ0) is 32.0. The SMILES string of the molecule is COc1cc(F)c(OC[C@H]2C[C@@H](C(=O)O)C2)cc1C(=O)N[C@@H]1[C@@H]2CC[C@@H](C2)[C@@H]1C(=O)Nc1cccc(S(=O)(=O)C(F)(F)F)c1. The van der Waals surface area contributed by atoms with Crippen molar-refractivity contribution in [3.63, 3.8) is 0 Å². The standard InChI is InChI=1S/C29H30F4N2O8S/c1-42-22-12-21(30)23(43-13-14-7-17(8-14)28(38)39)11-20(22)26(36)35-25-16-6-5-15(9-16)24(25)27(37)34-18-3-2-4-19(10-18)44(40,41)29(31,32)33/h2-4,10-12,14-17,24-25H,5-9,13H2,1H3,(H,34,37)(H,35,36)(H,38,39)/t14-,15-,16+,17+,24-,25+/m0/s1. The second kappa shape index (κ2) is 11.9. The Morgan fingerprint density at radius 3 is 2.39 bits per heavy atom. The number of anilines is 1. The summed E-state index contributed by atoms with van der Waals surface area (Å²) in [5.74, 6) is -4.70. The molecule has 2 amide bonds. The van der Waals surface area contributed by atoms with Crippen LogP contribution in [0.25, 0.3) is 0 Å². The van der Waals surface area contributed by atoms with Crippen LogP contribution in [-0.4, -0.2) is 56.6 Å². The summed E-state index contributed by atoms with van der Waals surface area (Å²) in [6.07, 6.45) is 2.85. The van der Waals surface area contributed by atoms with Crippen LogP contribution in [0.5, 0.6) is 11.5 Å². The lowest BCUT2D eigenvalue weighted by molar-refractivity contribution is -0.146. The number of hydrogen-bond acceptors (Lipinski definition) is 7. The van der Waals surface area contributed by atoms with E-state index in [1.165, 1.54) is 19.2 Å². The fourth-order valence-corrected chi connectivity index (χ4v) is 7.29. The number of carbonyl (C=O) groups excluding carboxylic acids is 2. The van der Waals surface area contributed by atoms with E-state index in [0.29, 0.717) is 25.7 Å². The molecule has 10 nitrogen and oxygen atoms in total. The van der Waals surface area contributed by atoms with Crippen LogP contribution in [0.1, 0.15) is 42.5 Å². The lowest BCUT2D eigenvalue weighted by atomic mass is 9.75. The molecule has 0 aliphatic heterocycles. The van der Waals surface area contributed by atoms with Crippen molar-refractivity contribution in [2.75, 3.05) is 19.0 Å². The van der Waals surface area contributed by atoms with E-state index < -0.39 is 61.7 Å². The Morgan fingerprint density at radius 1 is 1.02 bits per heavy atom. The predicted molar refractivity (Wildman–Crippen MR) is 146 cm³/mol. The quantitative estimate of drug-likeness (QED) is 0.323. The molecule has 0 heterocycles. The number of alkyl halides is 3. The first kappa shape index (κ1) is 31.5. The van der Waals surface area contributed by atoms with Gasteiger partial charge in [-0.25, -0.2) is 12.8 Å². The Bertz CT molecular complexity index is 1580. The van der Waals surface area contributed by atoms with Gasteiger partial charge in [0.05, 0.1) is 36.0 Å². The fourth-order valence-electron chi connectivity index (χ4n) is 6.48. The molecule has 15 heteroatoms. The van der Waals surface area contributed by atoms with Crippen molar-refractivity contribution < 1.29 is 54.9 Å². The molecule has 3 aliphatic rings. The molecule has 0 radical (unpaired) electrons. The van der Waals surface area contributed by atoms with Gasteiger partial charge in [-0.1, -0.05) is 6.07 Å². The van der Waals surface area contributed by atoms with Gasteiger partial charge in [-0.3, -0.25) is 14.4 Å². The molecule has 3 saturated carbocycles. The molecule has 3 N–H and O–H groups in total. The van der Waals surface area contributed by atoms with E-state index in [1.807, 2.05) is 0 Å². The number of fused-ring (bicyclic) bond motifs is 2. The van der Waals surface area contributed by atoms with E-state index in [4.69, 9.17) is 14.6 Å². The molecule has 4 atom stereocenters. The first-order valence-electron chi connectivity index (χ1n) is 14.0.